The van der Waals surface area contributed by atoms with Crippen molar-refractivity contribution in [2.45, 2.75) is 12.8 Å². The summed E-state index contributed by atoms with van der Waals surface area (Å²) in [5.41, 5.74) is 3.48. The first kappa shape index (κ1) is 14.1. The Morgan fingerprint density at radius 2 is 1.65 bits per heavy atom. The highest BCUT2D eigenvalue weighted by Gasteiger charge is 2.00. The lowest BCUT2D eigenvalue weighted by Crippen LogP contribution is -2.06. The molecule has 1 N–H and O–H groups in total. The van der Waals surface area contributed by atoms with Crippen molar-refractivity contribution in [3.8, 4) is 11.1 Å². The van der Waals surface area contributed by atoms with Crippen molar-refractivity contribution in [3.63, 3.8) is 0 Å². The van der Waals surface area contributed by atoms with E-state index in [9.17, 15) is 4.79 Å². The minimum absolute atomic E-state index is 0.161. The summed E-state index contributed by atoms with van der Waals surface area (Å²) < 4.78 is 4.60. The molecule has 104 valence electrons. The van der Waals surface area contributed by atoms with Crippen LogP contribution in [0, 0.1) is 0 Å². The van der Waals surface area contributed by atoms with Gasteiger partial charge < -0.3 is 10.1 Å². The average Bonchev–Trinajstić information content (AvgIpc) is 2.52. The van der Waals surface area contributed by atoms with Crippen LogP contribution in [-0.2, 0) is 9.53 Å². The van der Waals surface area contributed by atoms with E-state index in [0.29, 0.717) is 6.42 Å². The van der Waals surface area contributed by atoms with Gasteiger partial charge in [-0.3, -0.25) is 4.79 Å². The summed E-state index contributed by atoms with van der Waals surface area (Å²) >= 11 is 0. The third-order valence-corrected chi connectivity index (χ3v) is 3.11. The third-order valence-electron chi connectivity index (χ3n) is 3.11. The maximum atomic E-state index is 11.0. The van der Waals surface area contributed by atoms with E-state index in [1.54, 1.807) is 0 Å². The lowest BCUT2D eigenvalue weighted by Gasteiger charge is -2.07. The fourth-order valence-electron chi connectivity index (χ4n) is 1.98. The van der Waals surface area contributed by atoms with Gasteiger partial charge in [-0.25, -0.2) is 0 Å². The lowest BCUT2D eigenvalue weighted by atomic mass is 10.1. The molecule has 0 aliphatic rings. The molecule has 0 saturated carbocycles. The Bertz CT molecular complexity index is 535. The second kappa shape index (κ2) is 7.34. The maximum absolute atomic E-state index is 11.0. The number of rotatable bonds is 6. The van der Waals surface area contributed by atoms with Crippen LogP contribution in [0.5, 0.6) is 0 Å². The normalized spacial score (nSPS) is 10.1. The molecule has 0 aliphatic carbocycles. The second-order valence-corrected chi connectivity index (χ2v) is 4.55. The van der Waals surface area contributed by atoms with Gasteiger partial charge in [0.05, 0.1) is 7.11 Å². The zero-order chi connectivity index (χ0) is 14.2. The Morgan fingerprint density at radius 3 is 2.30 bits per heavy atom. The molecular formula is C17H19NO2. The average molecular weight is 269 g/mol. The quantitative estimate of drug-likeness (QED) is 0.641. The van der Waals surface area contributed by atoms with Crippen LogP contribution in [0.3, 0.4) is 0 Å². The van der Waals surface area contributed by atoms with Crippen LogP contribution in [0.2, 0.25) is 0 Å². The molecule has 0 aromatic heterocycles. The van der Waals surface area contributed by atoms with Crippen molar-refractivity contribution >= 4 is 11.7 Å². The van der Waals surface area contributed by atoms with Gasteiger partial charge >= 0.3 is 5.97 Å². The summed E-state index contributed by atoms with van der Waals surface area (Å²) in [5, 5.41) is 3.30. The number of nitrogens with one attached hydrogen (secondary N) is 1. The third kappa shape index (κ3) is 4.12. The van der Waals surface area contributed by atoms with Gasteiger partial charge in [-0.05, 0) is 29.7 Å². The molecule has 0 aliphatic heterocycles. The molecule has 0 unspecified atom stereocenters. The van der Waals surface area contributed by atoms with Crippen molar-refractivity contribution in [2.24, 2.45) is 0 Å². The molecule has 0 atom stereocenters. The minimum Gasteiger partial charge on any atom is -0.469 e. The first-order valence-corrected chi connectivity index (χ1v) is 6.76. The van der Waals surface area contributed by atoms with E-state index in [1.807, 2.05) is 18.2 Å². The predicted octanol–water partition coefficient (Wildman–Crippen LogP) is 3.72. The molecule has 3 nitrogen and oxygen atoms in total. The number of carbonyl (C=O) groups is 1. The molecule has 0 saturated heterocycles. The second-order valence-electron chi connectivity index (χ2n) is 4.55. The fourth-order valence-corrected chi connectivity index (χ4v) is 1.98. The largest absolute Gasteiger partial charge is 0.469 e. The number of hydrogen-bond donors (Lipinski definition) is 1. The number of ether oxygens (including phenoxy) is 1. The Labute approximate surface area is 119 Å². The van der Waals surface area contributed by atoms with E-state index in [4.69, 9.17) is 0 Å². The van der Waals surface area contributed by atoms with E-state index in [2.05, 4.69) is 46.5 Å². The molecule has 0 bridgehead atoms. The molecule has 2 aromatic carbocycles. The highest BCUT2D eigenvalue weighted by atomic mass is 16.5. The van der Waals surface area contributed by atoms with Gasteiger partial charge in [0.2, 0.25) is 0 Å². The molecular weight excluding hydrogens is 250 g/mol. The molecule has 0 spiro atoms. The molecule has 0 radical (unpaired) electrons. The standard InChI is InChI=1S/C17H19NO2/c1-20-17(19)8-5-13-18-16-11-9-15(10-12-16)14-6-3-2-4-7-14/h2-4,6-7,9-12,18H,5,8,13H2,1H3. The molecule has 0 heterocycles. The highest BCUT2D eigenvalue weighted by Crippen LogP contribution is 2.20. The summed E-state index contributed by atoms with van der Waals surface area (Å²) in [5.74, 6) is -0.161. The van der Waals surface area contributed by atoms with Crippen LogP contribution in [-0.4, -0.2) is 19.6 Å². The fraction of sp³-hybridized carbons (Fsp3) is 0.235. The van der Waals surface area contributed by atoms with Crippen LogP contribution < -0.4 is 5.32 Å². The lowest BCUT2D eigenvalue weighted by molar-refractivity contribution is -0.140. The van der Waals surface area contributed by atoms with Crippen LogP contribution in [0.4, 0.5) is 5.69 Å². The zero-order valence-electron chi connectivity index (χ0n) is 11.6. The van der Waals surface area contributed by atoms with Gasteiger partial charge in [0, 0.05) is 18.7 Å². The summed E-state index contributed by atoms with van der Waals surface area (Å²) in [6.07, 6.45) is 1.22. The topological polar surface area (TPSA) is 38.3 Å². The van der Waals surface area contributed by atoms with Gasteiger partial charge in [0.25, 0.3) is 0 Å². The summed E-state index contributed by atoms with van der Waals surface area (Å²) in [6, 6.07) is 18.6. The summed E-state index contributed by atoms with van der Waals surface area (Å²) in [7, 11) is 1.41. The van der Waals surface area contributed by atoms with Gasteiger partial charge in [0.15, 0.2) is 0 Å². The Balaban J connectivity index is 1.85. The Hall–Kier alpha value is -2.29. The van der Waals surface area contributed by atoms with Crippen molar-refractivity contribution < 1.29 is 9.53 Å². The molecule has 0 amide bonds. The highest BCUT2D eigenvalue weighted by molar-refractivity contribution is 5.69. The molecule has 2 rings (SSSR count). The molecule has 20 heavy (non-hydrogen) atoms. The van der Waals surface area contributed by atoms with E-state index >= 15 is 0 Å². The maximum Gasteiger partial charge on any atom is 0.305 e. The van der Waals surface area contributed by atoms with E-state index in [1.165, 1.54) is 18.2 Å². The van der Waals surface area contributed by atoms with E-state index in [-0.39, 0.29) is 5.97 Å². The van der Waals surface area contributed by atoms with Crippen LogP contribution in [0.25, 0.3) is 11.1 Å². The predicted molar refractivity (Wildman–Crippen MR) is 81.6 cm³/mol. The van der Waals surface area contributed by atoms with E-state index < -0.39 is 0 Å². The van der Waals surface area contributed by atoms with Crippen LogP contribution in [0.1, 0.15) is 12.8 Å². The number of hydrogen-bond acceptors (Lipinski definition) is 3. The summed E-state index contributed by atoms with van der Waals surface area (Å²) in [4.78, 5) is 11.0. The van der Waals surface area contributed by atoms with Crippen LogP contribution >= 0.6 is 0 Å². The van der Waals surface area contributed by atoms with E-state index in [0.717, 1.165) is 18.7 Å². The van der Waals surface area contributed by atoms with Gasteiger partial charge in [-0.15, -0.1) is 0 Å². The Kier molecular flexibility index (Phi) is 5.18. The monoisotopic (exact) mass is 269 g/mol. The molecule has 3 heteroatoms. The van der Waals surface area contributed by atoms with Crippen LogP contribution in [0.15, 0.2) is 54.6 Å². The number of anilines is 1. The van der Waals surface area contributed by atoms with Crippen molar-refractivity contribution in [1.82, 2.24) is 0 Å². The minimum atomic E-state index is -0.161. The van der Waals surface area contributed by atoms with Gasteiger partial charge in [0.1, 0.15) is 0 Å². The number of esters is 1. The first-order chi connectivity index (χ1) is 9.79. The summed E-state index contributed by atoms with van der Waals surface area (Å²) in [6.45, 7) is 0.764. The van der Waals surface area contributed by atoms with Crippen molar-refractivity contribution in [2.75, 3.05) is 19.0 Å². The smallest absolute Gasteiger partial charge is 0.305 e. The SMILES string of the molecule is COC(=O)CCCNc1ccc(-c2ccccc2)cc1. The number of methoxy groups -OCH3 is 1. The van der Waals surface area contributed by atoms with Gasteiger partial charge in [-0.1, -0.05) is 42.5 Å². The first-order valence-electron chi connectivity index (χ1n) is 6.76. The van der Waals surface area contributed by atoms with Crippen molar-refractivity contribution in [3.05, 3.63) is 54.6 Å². The Morgan fingerprint density at radius 1 is 1.00 bits per heavy atom. The molecule has 2 aromatic rings. The number of carbonyl (C=O) groups excluding carboxylic acids is 1. The van der Waals surface area contributed by atoms with Gasteiger partial charge in [-0.2, -0.15) is 0 Å². The van der Waals surface area contributed by atoms with Crippen molar-refractivity contribution in [1.29, 1.82) is 0 Å². The zero-order valence-corrected chi connectivity index (χ0v) is 11.6. The number of benzene rings is 2. The molecule has 0 fully saturated rings.